The summed E-state index contributed by atoms with van der Waals surface area (Å²) in [5.41, 5.74) is -1.69. The van der Waals surface area contributed by atoms with Crippen molar-refractivity contribution in [2.24, 2.45) is 0 Å². The highest BCUT2D eigenvalue weighted by molar-refractivity contribution is 5.77. The highest BCUT2D eigenvalue weighted by atomic mass is 16.6. The number of pyridine rings is 1. The van der Waals surface area contributed by atoms with Crippen LogP contribution in [-0.2, 0) is 4.79 Å². The highest BCUT2D eigenvalue weighted by Gasteiger charge is 2.30. The van der Waals surface area contributed by atoms with Crippen molar-refractivity contribution in [1.29, 1.82) is 0 Å². The third kappa shape index (κ3) is 3.14. The van der Waals surface area contributed by atoms with Gasteiger partial charge in [-0.1, -0.05) is 0 Å². The summed E-state index contributed by atoms with van der Waals surface area (Å²) in [5, 5.41) is 31.4. The molecule has 0 saturated heterocycles. The van der Waals surface area contributed by atoms with Gasteiger partial charge in [0.05, 0.1) is 11.5 Å². The van der Waals surface area contributed by atoms with Gasteiger partial charge in [0.25, 0.3) is 0 Å². The Balaban J connectivity index is 2.92. The zero-order chi connectivity index (χ0) is 13.9. The summed E-state index contributed by atoms with van der Waals surface area (Å²) in [5.74, 6) is -1.50. The van der Waals surface area contributed by atoms with Crippen LogP contribution in [0, 0.1) is 17.0 Å². The van der Waals surface area contributed by atoms with Crippen molar-refractivity contribution in [2.75, 3.05) is 11.9 Å². The number of carboxylic acid groups (broad SMARTS) is 1. The minimum Gasteiger partial charge on any atom is -0.479 e. The van der Waals surface area contributed by atoms with Crippen molar-refractivity contribution >= 4 is 17.5 Å². The quantitative estimate of drug-likeness (QED) is 0.518. The van der Waals surface area contributed by atoms with Crippen LogP contribution in [0.15, 0.2) is 12.3 Å². The van der Waals surface area contributed by atoms with Crippen molar-refractivity contribution in [3.8, 4) is 0 Å². The van der Waals surface area contributed by atoms with Crippen molar-refractivity contribution < 1.29 is 19.9 Å². The van der Waals surface area contributed by atoms with Crippen LogP contribution in [0.25, 0.3) is 0 Å². The van der Waals surface area contributed by atoms with Crippen LogP contribution in [0.3, 0.4) is 0 Å². The van der Waals surface area contributed by atoms with E-state index in [1.165, 1.54) is 12.3 Å². The summed E-state index contributed by atoms with van der Waals surface area (Å²) >= 11 is 0. The molecule has 0 bridgehead atoms. The first kappa shape index (κ1) is 13.8. The topological polar surface area (TPSA) is 126 Å². The maximum Gasteiger partial charge on any atom is 0.337 e. The molecule has 0 saturated carbocycles. The van der Waals surface area contributed by atoms with Gasteiger partial charge in [-0.15, -0.1) is 0 Å². The molecule has 0 aliphatic carbocycles. The van der Waals surface area contributed by atoms with Crippen LogP contribution in [0.4, 0.5) is 11.5 Å². The minimum absolute atomic E-state index is 0.0767. The molecule has 0 radical (unpaired) electrons. The Morgan fingerprint density at radius 3 is 2.78 bits per heavy atom. The van der Waals surface area contributed by atoms with Crippen LogP contribution in [0.2, 0.25) is 0 Å². The molecule has 1 aromatic rings. The molecule has 0 spiro atoms. The molecular weight excluding hydrogens is 242 g/mol. The van der Waals surface area contributed by atoms with E-state index in [-0.39, 0.29) is 18.1 Å². The Hall–Kier alpha value is -2.22. The Labute approximate surface area is 102 Å². The second-order valence-corrected chi connectivity index (χ2v) is 4.07. The Morgan fingerprint density at radius 1 is 1.67 bits per heavy atom. The fourth-order valence-corrected chi connectivity index (χ4v) is 1.16. The number of carbonyl (C=O) groups is 1. The van der Waals surface area contributed by atoms with Crippen molar-refractivity contribution in [1.82, 2.24) is 4.98 Å². The number of nitro groups is 1. The number of anilines is 1. The van der Waals surface area contributed by atoms with Gasteiger partial charge in [-0.3, -0.25) is 10.1 Å². The number of aryl methyl sites for hydroxylation is 1. The lowest BCUT2D eigenvalue weighted by atomic mass is 10.1. The van der Waals surface area contributed by atoms with E-state index in [0.29, 0.717) is 5.56 Å². The van der Waals surface area contributed by atoms with E-state index in [4.69, 9.17) is 5.11 Å². The average Bonchev–Trinajstić information content (AvgIpc) is 2.27. The smallest absolute Gasteiger partial charge is 0.337 e. The summed E-state index contributed by atoms with van der Waals surface area (Å²) < 4.78 is 0. The zero-order valence-electron chi connectivity index (χ0n) is 9.88. The Bertz CT molecular complexity index is 486. The minimum atomic E-state index is -2.03. The molecule has 98 valence electrons. The van der Waals surface area contributed by atoms with Crippen LogP contribution in [0.1, 0.15) is 12.5 Å². The van der Waals surface area contributed by atoms with Crippen LogP contribution < -0.4 is 5.32 Å². The fraction of sp³-hybridized carbons (Fsp3) is 0.400. The predicted octanol–water partition coefficient (Wildman–Crippen LogP) is 0.546. The number of nitrogens with one attached hydrogen (secondary N) is 1. The third-order valence-electron chi connectivity index (χ3n) is 2.26. The van der Waals surface area contributed by atoms with Gasteiger partial charge in [0.2, 0.25) is 5.82 Å². The molecule has 0 aliphatic heterocycles. The van der Waals surface area contributed by atoms with Gasteiger partial charge in [0.15, 0.2) is 5.60 Å². The van der Waals surface area contributed by atoms with Gasteiger partial charge in [-0.05, 0) is 19.4 Å². The first-order chi connectivity index (χ1) is 8.24. The molecule has 1 rings (SSSR count). The van der Waals surface area contributed by atoms with Gasteiger partial charge < -0.3 is 15.5 Å². The average molecular weight is 255 g/mol. The second-order valence-electron chi connectivity index (χ2n) is 4.07. The summed E-state index contributed by atoms with van der Waals surface area (Å²) in [7, 11) is 0. The summed E-state index contributed by atoms with van der Waals surface area (Å²) in [4.78, 5) is 24.6. The molecule has 0 aromatic carbocycles. The molecule has 0 amide bonds. The molecule has 0 aliphatic rings. The van der Waals surface area contributed by atoms with E-state index in [0.717, 1.165) is 6.92 Å². The van der Waals surface area contributed by atoms with Crippen LogP contribution >= 0.6 is 0 Å². The standard InChI is InChI=1S/C10H13N3O5/c1-6-3-7(13(17)18)8(11-4-6)12-5-10(2,16)9(14)15/h3-4,16H,5H2,1-2H3,(H,11,12)(H,14,15). The Kier molecular flexibility index (Phi) is 3.82. The number of hydrogen-bond acceptors (Lipinski definition) is 6. The maximum atomic E-state index is 10.8. The molecule has 1 unspecified atom stereocenters. The molecule has 0 fully saturated rings. The molecule has 8 heteroatoms. The highest BCUT2D eigenvalue weighted by Crippen LogP contribution is 2.22. The zero-order valence-corrected chi connectivity index (χ0v) is 9.88. The molecule has 1 heterocycles. The lowest BCUT2D eigenvalue weighted by Crippen LogP contribution is -2.42. The molecule has 18 heavy (non-hydrogen) atoms. The van der Waals surface area contributed by atoms with E-state index in [9.17, 15) is 20.0 Å². The number of aliphatic hydroxyl groups is 1. The largest absolute Gasteiger partial charge is 0.479 e. The summed E-state index contributed by atoms with van der Waals surface area (Å²) in [6.07, 6.45) is 1.41. The number of nitrogens with zero attached hydrogens (tertiary/aromatic N) is 2. The molecule has 1 atom stereocenters. The summed E-state index contributed by atoms with van der Waals surface area (Å²) in [6.45, 7) is 2.35. The molecule has 3 N–H and O–H groups in total. The van der Waals surface area contributed by atoms with Crippen molar-refractivity contribution in [3.05, 3.63) is 27.9 Å². The number of carboxylic acids is 1. The van der Waals surface area contributed by atoms with Gasteiger partial charge in [0.1, 0.15) is 0 Å². The SMILES string of the molecule is Cc1cnc(NCC(C)(O)C(=O)O)c([N+](=O)[O-])c1. The van der Waals surface area contributed by atoms with Gasteiger partial charge >= 0.3 is 11.7 Å². The second kappa shape index (κ2) is 4.96. The van der Waals surface area contributed by atoms with Gasteiger partial charge in [-0.2, -0.15) is 0 Å². The number of aromatic nitrogens is 1. The van der Waals surface area contributed by atoms with Crippen molar-refractivity contribution in [2.45, 2.75) is 19.4 Å². The lowest BCUT2D eigenvalue weighted by Gasteiger charge is -2.18. The first-order valence-electron chi connectivity index (χ1n) is 5.05. The van der Waals surface area contributed by atoms with Gasteiger partial charge in [0, 0.05) is 12.3 Å². The summed E-state index contributed by atoms with van der Waals surface area (Å²) in [6, 6.07) is 1.31. The number of rotatable bonds is 5. The van der Waals surface area contributed by atoms with E-state index >= 15 is 0 Å². The van der Waals surface area contributed by atoms with E-state index < -0.39 is 16.5 Å². The Morgan fingerprint density at radius 2 is 2.28 bits per heavy atom. The van der Waals surface area contributed by atoms with Gasteiger partial charge in [-0.25, -0.2) is 9.78 Å². The number of aliphatic carboxylic acids is 1. The maximum absolute atomic E-state index is 10.8. The third-order valence-corrected chi connectivity index (χ3v) is 2.26. The van der Waals surface area contributed by atoms with E-state index in [2.05, 4.69) is 10.3 Å². The molecular formula is C10H13N3O5. The first-order valence-corrected chi connectivity index (χ1v) is 5.05. The van der Waals surface area contributed by atoms with E-state index in [1.54, 1.807) is 6.92 Å². The molecule has 1 aromatic heterocycles. The van der Waals surface area contributed by atoms with Crippen LogP contribution in [0.5, 0.6) is 0 Å². The number of hydrogen-bond donors (Lipinski definition) is 3. The molecule has 8 nitrogen and oxygen atoms in total. The fourth-order valence-electron chi connectivity index (χ4n) is 1.16. The predicted molar refractivity (Wildman–Crippen MR) is 62.4 cm³/mol. The lowest BCUT2D eigenvalue weighted by molar-refractivity contribution is -0.384. The normalized spacial score (nSPS) is 13.7. The monoisotopic (exact) mass is 255 g/mol. The van der Waals surface area contributed by atoms with E-state index in [1.807, 2.05) is 0 Å². The van der Waals surface area contributed by atoms with Crippen LogP contribution in [-0.4, -0.2) is 38.2 Å². The van der Waals surface area contributed by atoms with Crippen molar-refractivity contribution in [3.63, 3.8) is 0 Å².